The van der Waals surface area contributed by atoms with Gasteiger partial charge in [0.25, 0.3) is 0 Å². The summed E-state index contributed by atoms with van der Waals surface area (Å²) in [7, 11) is 1.65. The number of hydrogen-bond acceptors (Lipinski definition) is 7. The fourth-order valence-electron chi connectivity index (χ4n) is 3.78. The number of piperazine rings is 1. The van der Waals surface area contributed by atoms with Crippen molar-refractivity contribution in [3.8, 4) is 0 Å². The molecule has 2 atom stereocenters. The van der Waals surface area contributed by atoms with E-state index in [2.05, 4.69) is 30.8 Å². The molecule has 1 fully saturated rings. The Morgan fingerprint density at radius 3 is 2.93 bits per heavy atom. The van der Waals surface area contributed by atoms with Crippen LogP contribution < -0.4 is 10.6 Å². The summed E-state index contributed by atoms with van der Waals surface area (Å²) in [5.41, 5.74) is -0.242. The smallest absolute Gasteiger partial charge is 0.377 e. The molecule has 4 N–H and O–H groups in total. The molecule has 0 aromatic carbocycles. The number of aliphatic imine (C=N–C) groups is 1. The lowest BCUT2D eigenvalue weighted by Gasteiger charge is -2.38. The number of pyridine rings is 1. The molecule has 0 aliphatic carbocycles. The number of allylic oxidation sites excluding steroid dienone is 1. The highest BCUT2D eigenvalue weighted by atomic mass is 19.4. The fourth-order valence-corrected chi connectivity index (χ4v) is 3.78. The van der Waals surface area contributed by atoms with Gasteiger partial charge in [-0.25, -0.2) is 9.98 Å². The molecule has 156 valence electrons. The van der Waals surface area contributed by atoms with Crippen molar-refractivity contribution < 1.29 is 18.3 Å². The Balaban J connectivity index is 1.74. The molecule has 2 aromatic rings. The summed E-state index contributed by atoms with van der Waals surface area (Å²) in [5.74, 6) is 0.578. The number of alkyl halides is 3. The lowest BCUT2D eigenvalue weighted by Crippen LogP contribution is -2.59. The number of nitrogens with zero attached hydrogens (tertiary/aromatic N) is 4. The number of aliphatic hydroxyl groups excluding tert-OH is 1. The van der Waals surface area contributed by atoms with Crippen molar-refractivity contribution in [1.29, 1.82) is 0 Å². The first kappa shape index (κ1) is 19.8. The zero-order valence-electron chi connectivity index (χ0n) is 15.8. The minimum atomic E-state index is -4.49. The van der Waals surface area contributed by atoms with Gasteiger partial charge in [0.05, 0.1) is 23.0 Å². The third kappa shape index (κ3) is 3.85. The van der Waals surface area contributed by atoms with Crippen LogP contribution in [0.1, 0.15) is 18.5 Å². The molecule has 8 nitrogen and oxygen atoms in total. The van der Waals surface area contributed by atoms with Crippen molar-refractivity contribution in [1.82, 2.24) is 30.7 Å². The molecule has 4 rings (SSSR count). The number of amidine groups is 1. The van der Waals surface area contributed by atoms with E-state index in [0.717, 1.165) is 0 Å². The molecule has 4 heterocycles. The molecule has 0 radical (unpaired) electrons. The van der Waals surface area contributed by atoms with Crippen molar-refractivity contribution in [2.45, 2.75) is 31.3 Å². The molecule has 2 aliphatic heterocycles. The van der Waals surface area contributed by atoms with Crippen LogP contribution >= 0.6 is 0 Å². The highest BCUT2D eigenvalue weighted by molar-refractivity contribution is 5.96. The van der Waals surface area contributed by atoms with Crippen LogP contribution in [-0.2, 0) is 0 Å². The first-order valence-electron chi connectivity index (χ1n) is 9.39. The highest BCUT2D eigenvalue weighted by Gasteiger charge is 2.40. The summed E-state index contributed by atoms with van der Waals surface area (Å²) in [6, 6.07) is 3.09. The van der Waals surface area contributed by atoms with E-state index < -0.39 is 18.0 Å². The molecule has 2 aromatic heterocycles. The average molecular weight is 409 g/mol. The molecular weight excluding hydrogens is 387 g/mol. The van der Waals surface area contributed by atoms with Gasteiger partial charge in [0.1, 0.15) is 12.1 Å². The Kier molecular flexibility index (Phi) is 5.28. The summed E-state index contributed by atoms with van der Waals surface area (Å²) in [4.78, 5) is 10.5. The van der Waals surface area contributed by atoms with Crippen molar-refractivity contribution in [2.75, 3.05) is 26.7 Å². The second-order valence-electron chi connectivity index (χ2n) is 7.07. The molecule has 2 aliphatic rings. The summed E-state index contributed by atoms with van der Waals surface area (Å²) >= 11 is 0. The first-order chi connectivity index (χ1) is 13.9. The van der Waals surface area contributed by atoms with Crippen LogP contribution in [-0.4, -0.2) is 76.2 Å². The van der Waals surface area contributed by atoms with Crippen molar-refractivity contribution in [3.63, 3.8) is 0 Å². The maximum Gasteiger partial charge on any atom is 0.414 e. The number of hydrogen-bond donors (Lipinski definition) is 4. The van der Waals surface area contributed by atoms with Gasteiger partial charge in [-0.05, 0) is 25.6 Å². The van der Waals surface area contributed by atoms with Gasteiger partial charge >= 0.3 is 6.18 Å². The van der Waals surface area contributed by atoms with Crippen LogP contribution in [0.15, 0.2) is 28.9 Å². The zero-order chi connectivity index (χ0) is 20.6. The lowest BCUT2D eigenvalue weighted by molar-refractivity contribution is -0.0934. The molecule has 2 unspecified atom stereocenters. The highest BCUT2D eigenvalue weighted by Crippen LogP contribution is 2.40. The molecular formula is C18H22F3N7O. The van der Waals surface area contributed by atoms with E-state index >= 15 is 0 Å². The van der Waals surface area contributed by atoms with Crippen molar-refractivity contribution >= 4 is 22.6 Å². The van der Waals surface area contributed by atoms with Crippen LogP contribution in [0.25, 0.3) is 16.7 Å². The van der Waals surface area contributed by atoms with E-state index in [0.29, 0.717) is 36.5 Å². The average Bonchev–Trinajstić information content (AvgIpc) is 3.16. The van der Waals surface area contributed by atoms with Crippen LogP contribution in [0, 0.1) is 0 Å². The third-order valence-corrected chi connectivity index (χ3v) is 5.28. The summed E-state index contributed by atoms with van der Waals surface area (Å²) in [5, 5.41) is 23.3. The quantitative estimate of drug-likeness (QED) is 0.569. The van der Waals surface area contributed by atoms with Crippen LogP contribution in [0.2, 0.25) is 0 Å². The fraction of sp³-hybridized carbons (Fsp3) is 0.500. The Morgan fingerprint density at radius 1 is 1.34 bits per heavy atom. The molecule has 29 heavy (non-hydrogen) atoms. The van der Waals surface area contributed by atoms with Crippen LogP contribution in [0.3, 0.4) is 0 Å². The Hall–Kier alpha value is -2.50. The number of fused-ring (bicyclic) bond motifs is 1. The molecule has 0 spiro atoms. The van der Waals surface area contributed by atoms with Gasteiger partial charge < -0.3 is 15.3 Å². The number of rotatable bonds is 3. The molecule has 1 saturated heterocycles. The number of aliphatic hydroxyl groups is 1. The maximum absolute atomic E-state index is 13.7. The van der Waals surface area contributed by atoms with Gasteiger partial charge in [-0.3, -0.25) is 10.4 Å². The molecule has 0 saturated carbocycles. The standard InChI is InChI=1S/C18H22F3N7O/c1-22-17(29)12-9-28(8-7-23-12)13-5-4-11(18(19,20)21)15(25-13)14-10-3-2-6-24-16(10)27-26-14/h2-3,6,12,17,22-23,29H,4-5,7-9H2,1H3,(H,24,26,27). The number of aromatic amines is 1. The Labute approximate surface area is 164 Å². The number of nitrogens with one attached hydrogen (secondary N) is 3. The monoisotopic (exact) mass is 409 g/mol. The van der Waals surface area contributed by atoms with E-state index in [1.165, 1.54) is 6.20 Å². The second kappa shape index (κ2) is 7.73. The minimum Gasteiger partial charge on any atom is -0.377 e. The largest absolute Gasteiger partial charge is 0.414 e. The van der Waals surface area contributed by atoms with Gasteiger partial charge in [-0.2, -0.15) is 18.3 Å². The number of halogens is 3. The van der Waals surface area contributed by atoms with E-state index in [4.69, 9.17) is 0 Å². The third-order valence-electron chi connectivity index (χ3n) is 5.28. The number of H-pyrrole nitrogens is 1. The van der Waals surface area contributed by atoms with Gasteiger partial charge in [0.15, 0.2) is 5.65 Å². The Bertz CT molecular complexity index is 952. The topological polar surface area (TPSA) is 101 Å². The van der Waals surface area contributed by atoms with E-state index in [9.17, 15) is 18.3 Å². The Morgan fingerprint density at radius 2 is 2.17 bits per heavy atom. The number of likely N-dealkylation sites (N-methyl/N-ethyl adjacent to an activating group) is 1. The van der Waals surface area contributed by atoms with Crippen LogP contribution in [0.4, 0.5) is 13.2 Å². The predicted octanol–water partition coefficient (Wildman–Crippen LogP) is 1.24. The second-order valence-corrected chi connectivity index (χ2v) is 7.07. The van der Waals surface area contributed by atoms with Crippen molar-refractivity contribution in [3.05, 3.63) is 29.6 Å². The maximum atomic E-state index is 13.7. The molecule has 0 bridgehead atoms. The van der Waals surface area contributed by atoms with Crippen molar-refractivity contribution in [2.24, 2.45) is 4.99 Å². The van der Waals surface area contributed by atoms with E-state index in [1.807, 2.05) is 4.90 Å². The lowest BCUT2D eigenvalue weighted by atomic mass is 9.99. The summed E-state index contributed by atoms with van der Waals surface area (Å²) in [6.07, 6.45) is -3.69. The van der Waals surface area contributed by atoms with Gasteiger partial charge in [-0.1, -0.05) is 0 Å². The predicted molar refractivity (Wildman–Crippen MR) is 102 cm³/mol. The summed E-state index contributed by atoms with van der Waals surface area (Å²) < 4.78 is 41.2. The zero-order valence-corrected chi connectivity index (χ0v) is 15.8. The number of aromatic nitrogens is 3. The van der Waals surface area contributed by atoms with Gasteiger partial charge in [0.2, 0.25) is 0 Å². The van der Waals surface area contributed by atoms with E-state index in [-0.39, 0.29) is 30.3 Å². The van der Waals surface area contributed by atoms with E-state index in [1.54, 1.807) is 19.2 Å². The first-order valence-corrected chi connectivity index (χ1v) is 9.39. The SMILES string of the molecule is CNC(O)C1CN(C2=NC(c3[nH]nc4ncccc34)=C(C(F)(F)F)CC2)CCN1. The molecule has 0 amide bonds. The van der Waals surface area contributed by atoms with Gasteiger partial charge in [0, 0.05) is 37.6 Å². The van der Waals surface area contributed by atoms with Gasteiger partial charge in [-0.15, -0.1) is 0 Å². The normalized spacial score (nSPS) is 22.2. The summed E-state index contributed by atoms with van der Waals surface area (Å²) in [6.45, 7) is 1.65. The minimum absolute atomic E-state index is 0.140. The molecule has 11 heteroatoms. The van der Waals surface area contributed by atoms with Crippen LogP contribution in [0.5, 0.6) is 0 Å².